The Balaban J connectivity index is 1.81. The van der Waals surface area contributed by atoms with Gasteiger partial charge < -0.3 is 11.1 Å². The van der Waals surface area contributed by atoms with Crippen LogP contribution < -0.4 is 16.4 Å². The van der Waals surface area contributed by atoms with Crippen LogP contribution >= 0.6 is 0 Å². The highest BCUT2D eigenvalue weighted by Gasteiger charge is 2.70. The van der Waals surface area contributed by atoms with Gasteiger partial charge in [-0.15, -0.1) is 0 Å². The molecule has 2 fully saturated rings. The lowest BCUT2D eigenvalue weighted by Crippen LogP contribution is -2.53. The number of nitrogens with two attached hydrogens (primary N) is 1. The van der Waals surface area contributed by atoms with Gasteiger partial charge in [0.1, 0.15) is 11.4 Å². The van der Waals surface area contributed by atoms with Crippen LogP contribution in [-0.4, -0.2) is 41.1 Å². The minimum Gasteiger partial charge on any atom is -0.370 e. The number of halogens is 1. The van der Waals surface area contributed by atoms with Crippen LogP contribution in [0.4, 0.5) is 10.1 Å². The zero-order valence-electron chi connectivity index (χ0n) is 16.0. The summed E-state index contributed by atoms with van der Waals surface area (Å²) >= 11 is 0. The van der Waals surface area contributed by atoms with Crippen LogP contribution in [0.15, 0.2) is 18.2 Å². The van der Waals surface area contributed by atoms with Crippen LogP contribution in [0.5, 0.6) is 0 Å². The maximum atomic E-state index is 14.0. The van der Waals surface area contributed by atoms with Gasteiger partial charge in [-0.25, -0.2) is 4.39 Å². The monoisotopic (exact) mass is 402 g/mol. The smallest absolute Gasteiger partial charge is 0.250 e. The molecule has 0 saturated carbocycles. The number of benzene rings is 1. The van der Waals surface area contributed by atoms with E-state index < -0.39 is 47.0 Å². The number of carbonyl (C=O) groups is 4. The molecule has 0 bridgehead atoms. The number of nitrogens with one attached hydrogen (secondary N) is 2. The number of fused-ring (bicyclic) bond motifs is 4. The molecule has 4 atom stereocenters. The number of amides is 4. The predicted molar refractivity (Wildman–Crippen MR) is 101 cm³/mol. The number of primary amides is 1. The second kappa shape index (κ2) is 6.91. The summed E-state index contributed by atoms with van der Waals surface area (Å²) in [5.41, 5.74) is 4.46. The van der Waals surface area contributed by atoms with E-state index in [2.05, 4.69) is 10.6 Å². The zero-order valence-corrected chi connectivity index (χ0v) is 16.0. The van der Waals surface area contributed by atoms with Crippen molar-refractivity contribution in [3.8, 4) is 0 Å². The quantitative estimate of drug-likeness (QED) is 0.602. The SMILES string of the molecule is CCCCN1C(=O)[C@H]2[C@H](CCC(N)=O)N[C@@]3(C(=O)Nc4ccc(F)cc43)[C@@H]2C1=O. The zero-order chi connectivity index (χ0) is 20.9. The molecule has 1 spiro atoms. The van der Waals surface area contributed by atoms with Crippen LogP contribution in [0.1, 0.15) is 38.2 Å². The third kappa shape index (κ3) is 2.75. The number of likely N-dealkylation sites (tertiary alicyclic amines) is 1. The lowest BCUT2D eigenvalue weighted by Gasteiger charge is -2.29. The van der Waals surface area contributed by atoms with Crippen molar-refractivity contribution in [1.82, 2.24) is 10.2 Å². The van der Waals surface area contributed by atoms with Crippen molar-refractivity contribution < 1.29 is 23.6 Å². The van der Waals surface area contributed by atoms with E-state index in [-0.39, 0.29) is 25.3 Å². The van der Waals surface area contributed by atoms with Gasteiger partial charge in [-0.05, 0) is 31.0 Å². The Morgan fingerprint density at radius 2 is 2.03 bits per heavy atom. The summed E-state index contributed by atoms with van der Waals surface area (Å²) in [6.07, 6.45) is 1.66. The highest BCUT2D eigenvalue weighted by molar-refractivity contribution is 6.15. The normalized spacial score (nSPS) is 30.1. The van der Waals surface area contributed by atoms with Crippen LogP contribution in [0.3, 0.4) is 0 Å². The van der Waals surface area contributed by atoms with Gasteiger partial charge in [-0.3, -0.25) is 29.4 Å². The van der Waals surface area contributed by atoms with Gasteiger partial charge in [-0.2, -0.15) is 0 Å². The van der Waals surface area contributed by atoms with Crippen LogP contribution in [0, 0.1) is 17.7 Å². The maximum Gasteiger partial charge on any atom is 0.250 e. The van der Waals surface area contributed by atoms with Crippen molar-refractivity contribution in [3.63, 3.8) is 0 Å². The summed E-state index contributed by atoms with van der Waals surface area (Å²) < 4.78 is 14.0. The molecular weight excluding hydrogens is 379 g/mol. The standard InChI is InChI=1S/C20H23FN4O4/c1-2-3-8-25-17(27)15-13(6-7-14(22)26)24-20(16(15)18(25)28)11-9-10(21)4-5-12(11)23-19(20)29/h4-5,9,13,15-16,24H,2-3,6-8H2,1H3,(H2,22,26)(H,23,29)/t13-,15-,16-,20+/m0/s1. The second-order valence-corrected chi connectivity index (χ2v) is 7.89. The first-order valence-electron chi connectivity index (χ1n) is 9.84. The van der Waals surface area contributed by atoms with E-state index in [0.29, 0.717) is 17.7 Å². The van der Waals surface area contributed by atoms with E-state index in [4.69, 9.17) is 5.73 Å². The van der Waals surface area contributed by atoms with Crippen LogP contribution in [-0.2, 0) is 24.7 Å². The Hall–Kier alpha value is -2.81. The lowest BCUT2D eigenvalue weighted by atomic mass is 9.76. The fraction of sp³-hybridized carbons (Fsp3) is 0.500. The van der Waals surface area contributed by atoms with Crippen molar-refractivity contribution in [2.75, 3.05) is 11.9 Å². The number of rotatable bonds is 6. The second-order valence-electron chi connectivity index (χ2n) is 7.89. The molecule has 1 aromatic rings. The number of carbonyl (C=O) groups excluding carboxylic acids is 4. The summed E-state index contributed by atoms with van der Waals surface area (Å²) in [5, 5.41) is 5.85. The number of hydrogen-bond donors (Lipinski definition) is 3. The predicted octanol–water partition coefficient (Wildman–Crippen LogP) is 0.612. The van der Waals surface area contributed by atoms with Crippen LogP contribution in [0.2, 0.25) is 0 Å². The van der Waals surface area contributed by atoms with Gasteiger partial charge in [0.25, 0.3) is 0 Å². The number of hydrogen-bond acceptors (Lipinski definition) is 5. The van der Waals surface area contributed by atoms with Crippen molar-refractivity contribution in [3.05, 3.63) is 29.6 Å². The van der Waals surface area contributed by atoms with E-state index in [1.807, 2.05) is 6.92 Å². The van der Waals surface area contributed by atoms with Crippen LogP contribution in [0.25, 0.3) is 0 Å². The molecule has 0 aromatic heterocycles. The number of anilines is 1. The van der Waals surface area contributed by atoms with E-state index in [9.17, 15) is 23.6 Å². The van der Waals surface area contributed by atoms with Gasteiger partial charge in [0.05, 0.1) is 11.8 Å². The van der Waals surface area contributed by atoms with Crippen molar-refractivity contribution in [2.24, 2.45) is 17.6 Å². The highest BCUT2D eigenvalue weighted by atomic mass is 19.1. The molecule has 4 rings (SSSR count). The summed E-state index contributed by atoms with van der Waals surface area (Å²) in [7, 11) is 0. The fourth-order valence-corrected chi connectivity index (χ4v) is 4.92. The molecule has 3 aliphatic rings. The molecule has 29 heavy (non-hydrogen) atoms. The third-order valence-corrected chi connectivity index (χ3v) is 6.21. The molecular formula is C20H23FN4O4. The molecule has 1 aromatic carbocycles. The molecule has 2 saturated heterocycles. The molecule has 4 amide bonds. The number of imide groups is 1. The molecule has 3 heterocycles. The van der Waals surface area contributed by atoms with Gasteiger partial charge in [0.2, 0.25) is 23.6 Å². The highest BCUT2D eigenvalue weighted by Crippen LogP contribution is 2.53. The van der Waals surface area contributed by atoms with E-state index >= 15 is 0 Å². The Bertz CT molecular complexity index is 920. The first kappa shape index (κ1) is 19.5. The van der Waals surface area contributed by atoms with Gasteiger partial charge in [-0.1, -0.05) is 13.3 Å². The summed E-state index contributed by atoms with van der Waals surface area (Å²) in [4.78, 5) is 52.0. The minimum atomic E-state index is -1.54. The number of nitrogens with zero attached hydrogens (tertiary/aromatic N) is 1. The first-order chi connectivity index (χ1) is 13.8. The van der Waals surface area contributed by atoms with Crippen molar-refractivity contribution in [1.29, 1.82) is 0 Å². The number of unbranched alkanes of at least 4 members (excludes halogenated alkanes) is 1. The van der Waals surface area contributed by atoms with E-state index in [0.717, 1.165) is 6.42 Å². The molecule has 8 nitrogen and oxygen atoms in total. The Labute approximate surface area is 167 Å². The van der Waals surface area contributed by atoms with E-state index in [1.165, 1.54) is 23.1 Å². The summed E-state index contributed by atoms with van der Waals surface area (Å²) in [5.74, 6) is -4.16. The molecule has 4 N–H and O–H groups in total. The van der Waals surface area contributed by atoms with Crippen molar-refractivity contribution >= 4 is 29.3 Å². The third-order valence-electron chi connectivity index (χ3n) is 6.21. The van der Waals surface area contributed by atoms with Gasteiger partial charge >= 0.3 is 0 Å². The Morgan fingerprint density at radius 3 is 2.72 bits per heavy atom. The molecule has 0 aliphatic carbocycles. The first-order valence-corrected chi connectivity index (χ1v) is 9.84. The summed E-state index contributed by atoms with van der Waals surface area (Å²) in [6.45, 7) is 2.23. The Kier molecular flexibility index (Phi) is 4.65. The van der Waals surface area contributed by atoms with Gasteiger partial charge in [0, 0.05) is 30.3 Å². The largest absolute Gasteiger partial charge is 0.370 e. The maximum absolute atomic E-state index is 14.0. The lowest BCUT2D eigenvalue weighted by molar-refractivity contribution is -0.143. The average Bonchev–Trinajstić information content (AvgIpc) is 3.24. The molecule has 3 aliphatic heterocycles. The topological polar surface area (TPSA) is 122 Å². The molecule has 9 heteroatoms. The molecule has 0 radical (unpaired) electrons. The van der Waals surface area contributed by atoms with E-state index in [1.54, 1.807) is 0 Å². The Morgan fingerprint density at radius 1 is 1.28 bits per heavy atom. The average molecular weight is 402 g/mol. The summed E-state index contributed by atoms with van der Waals surface area (Å²) in [6, 6.07) is 3.29. The minimum absolute atomic E-state index is 0.00498. The molecule has 0 unspecified atom stereocenters. The molecule has 154 valence electrons. The van der Waals surface area contributed by atoms with Gasteiger partial charge in [0.15, 0.2) is 0 Å². The van der Waals surface area contributed by atoms with Crippen molar-refractivity contribution in [2.45, 2.75) is 44.2 Å². The fourth-order valence-electron chi connectivity index (χ4n) is 4.92.